The first-order valence-electron chi connectivity index (χ1n) is 18.2. The molecule has 0 bridgehead atoms. The second kappa shape index (κ2) is 22.1. The second-order valence-corrected chi connectivity index (χ2v) is 31.9. The van der Waals surface area contributed by atoms with Crippen molar-refractivity contribution in [3.05, 3.63) is 46.1 Å². The molecule has 7 heteroatoms. The van der Waals surface area contributed by atoms with Gasteiger partial charge in [-0.3, -0.25) is 0 Å². The summed E-state index contributed by atoms with van der Waals surface area (Å²) in [7, 11) is -0.420. The Balaban J connectivity index is 3.44. The van der Waals surface area contributed by atoms with Crippen LogP contribution in [0.2, 0.25) is 30.9 Å². The Kier molecular flexibility index (Phi) is 20.8. The summed E-state index contributed by atoms with van der Waals surface area (Å²) in [6.45, 7) is 22.1. The van der Waals surface area contributed by atoms with E-state index in [1.807, 2.05) is 25.1 Å². The summed E-state index contributed by atoms with van der Waals surface area (Å²) in [6.07, 6.45) is 8.03. The number of carbonyl (C=O) groups excluding carboxylic acids is 1. The number of aliphatic hydroxyl groups is 1. The molecular formula is C38H70O5SiSn. The fourth-order valence-electron chi connectivity index (χ4n) is 6.86. The van der Waals surface area contributed by atoms with Crippen molar-refractivity contribution in [1.82, 2.24) is 0 Å². The van der Waals surface area contributed by atoms with Gasteiger partial charge in [0.15, 0.2) is 0 Å². The second-order valence-electron chi connectivity index (χ2n) is 13.9. The molecule has 260 valence electrons. The number of methoxy groups -OCH3 is 1. The van der Waals surface area contributed by atoms with Gasteiger partial charge in [0, 0.05) is 0 Å². The molecule has 1 aromatic carbocycles. The predicted octanol–water partition coefficient (Wildman–Crippen LogP) is 10.6. The minimum absolute atomic E-state index is 0.121. The van der Waals surface area contributed by atoms with Gasteiger partial charge in [-0.2, -0.15) is 0 Å². The number of hydrogen-bond donors (Lipinski definition) is 1. The van der Waals surface area contributed by atoms with Crippen molar-refractivity contribution in [2.24, 2.45) is 11.8 Å². The van der Waals surface area contributed by atoms with Crippen LogP contribution in [0.5, 0.6) is 0 Å². The Morgan fingerprint density at radius 3 is 1.78 bits per heavy atom. The van der Waals surface area contributed by atoms with Gasteiger partial charge < -0.3 is 0 Å². The summed E-state index contributed by atoms with van der Waals surface area (Å²) in [5, 5.41) is 12.0. The van der Waals surface area contributed by atoms with Gasteiger partial charge in [-0.1, -0.05) is 18.2 Å². The molecule has 0 aliphatic heterocycles. The van der Waals surface area contributed by atoms with Crippen molar-refractivity contribution in [2.75, 3.05) is 7.11 Å². The van der Waals surface area contributed by atoms with Crippen LogP contribution in [0, 0.1) is 11.8 Å². The molecule has 45 heavy (non-hydrogen) atoms. The molecule has 0 saturated heterocycles. The van der Waals surface area contributed by atoms with Gasteiger partial charge in [0.25, 0.3) is 0 Å². The van der Waals surface area contributed by atoms with E-state index in [0.717, 1.165) is 12.1 Å². The van der Waals surface area contributed by atoms with Crippen LogP contribution in [-0.4, -0.2) is 69.3 Å². The number of esters is 1. The quantitative estimate of drug-likeness (QED) is 0.0841. The zero-order chi connectivity index (χ0) is 34.0. The Labute approximate surface area is 283 Å². The molecule has 0 heterocycles. The van der Waals surface area contributed by atoms with Crippen molar-refractivity contribution < 1.29 is 23.8 Å². The van der Waals surface area contributed by atoms with Crippen LogP contribution >= 0.6 is 0 Å². The average molecular weight is 754 g/mol. The molecule has 0 unspecified atom stereocenters. The fraction of sp³-hybridized carbons (Fsp3) is 0.763. The normalized spacial score (nSPS) is 16.8. The van der Waals surface area contributed by atoms with Gasteiger partial charge in [-0.25, -0.2) is 0 Å². The van der Waals surface area contributed by atoms with Crippen LogP contribution in [-0.2, 0) is 13.9 Å². The summed E-state index contributed by atoms with van der Waals surface area (Å²) < 4.78 is 26.1. The molecular weight excluding hydrogens is 683 g/mol. The van der Waals surface area contributed by atoms with E-state index in [0.29, 0.717) is 11.1 Å². The zero-order valence-electron chi connectivity index (χ0n) is 30.9. The molecule has 1 aromatic rings. The van der Waals surface area contributed by atoms with E-state index in [9.17, 15) is 9.90 Å². The molecule has 1 N–H and O–H groups in total. The summed E-state index contributed by atoms with van der Waals surface area (Å²) in [6, 6.07) is 11.2. The Hall–Kier alpha value is -0.674. The average Bonchev–Trinajstić information content (AvgIpc) is 3.05. The number of benzene rings is 1. The van der Waals surface area contributed by atoms with E-state index in [1.165, 1.54) is 51.8 Å². The van der Waals surface area contributed by atoms with Crippen LogP contribution in [0.15, 0.2) is 40.5 Å². The molecule has 0 saturated carbocycles. The Bertz CT molecular complexity index is 929. The van der Waals surface area contributed by atoms with Crippen molar-refractivity contribution >= 4 is 32.7 Å². The van der Waals surface area contributed by atoms with Gasteiger partial charge >= 0.3 is 266 Å². The molecule has 0 aliphatic carbocycles. The van der Waals surface area contributed by atoms with Crippen LogP contribution in [0.3, 0.4) is 0 Å². The summed E-state index contributed by atoms with van der Waals surface area (Å²) in [4.78, 5) is 13.0. The van der Waals surface area contributed by atoms with Crippen LogP contribution in [0.25, 0.3) is 0 Å². The molecule has 0 aliphatic rings. The molecule has 0 aromatic heterocycles. The zero-order valence-corrected chi connectivity index (χ0v) is 34.8. The van der Waals surface area contributed by atoms with Crippen molar-refractivity contribution in [3.63, 3.8) is 0 Å². The van der Waals surface area contributed by atoms with Gasteiger partial charge in [0.2, 0.25) is 0 Å². The third kappa shape index (κ3) is 13.0. The Morgan fingerprint density at radius 1 is 0.844 bits per heavy atom. The van der Waals surface area contributed by atoms with Gasteiger partial charge in [0.05, 0.1) is 0 Å². The third-order valence-electron chi connectivity index (χ3n) is 10.6. The maximum absolute atomic E-state index is 13.0. The molecule has 0 amide bonds. The number of carbonyl (C=O) groups is 1. The predicted molar refractivity (Wildman–Crippen MR) is 197 cm³/mol. The third-order valence-corrected chi connectivity index (χ3v) is 29.9. The van der Waals surface area contributed by atoms with Gasteiger partial charge in [0.1, 0.15) is 0 Å². The number of aliphatic hydroxyl groups excluding tert-OH is 1. The number of ether oxygens (including phenoxy) is 2. The summed E-state index contributed by atoms with van der Waals surface area (Å²) >= 11 is -2.57. The fourth-order valence-corrected chi connectivity index (χ4v) is 24.9. The van der Waals surface area contributed by atoms with Crippen molar-refractivity contribution in [2.45, 2.75) is 163 Å². The topological polar surface area (TPSA) is 65.0 Å². The van der Waals surface area contributed by atoms with Crippen molar-refractivity contribution in [3.8, 4) is 0 Å². The van der Waals surface area contributed by atoms with E-state index >= 15 is 0 Å². The monoisotopic (exact) mass is 754 g/mol. The molecule has 6 atom stereocenters. The first-order valence-corrected chi connectivity index (χ1v) is 28.3. The van der Waals surface area contributed by atoms with E-state index in [2.05, 4.69) is 72.5 Å². The van der Waals surface area contributed by atoms with E-state index in [1.54, 1.807) is 19.2 Å². The first kappa shape index (κ1) is 42.3. The van der Waals surface area contributed by atoms with Crippen LogP contribution in [0.1, 0.15) is 118 Å². The molecule has 0 spiro atoms. The standard InChI is InChI=1S/C26H43O5Si.3C4H9.Sn/c1-10-23(29-9)24(27)20(7)25(31-32(11-2,12-3)18(4)5)19(6)21(8)30-26(28)22-16-14-13-15-17-22;3*1-3-4-2;/h1,10,13-21,23-25,27H,11-12H2,2-9H3;3*1,3-4H2,2H3;/t19-,20-,21-,23+,24-,25+;;;;/m1..../s1. The Morgan fingerprint density at radius 2 is 1.36 bits per heavy atom. The first-order chi connectivity index (χ1) is 21.4. The number of hydrogen-bond acceptors (Lipinski definition) is 5. The van der Waals surface area contributed by atoms with Gasteiger partial charge in [-0.15, -0.1) is 0 Å². The molecule has 1 rings (SSSR count). The number of rotatable bonds is 24. The summed E-state index contributed by atoms with van der Waals surface area (Å²) in [5.74, 6) is -0.666. The van der Waals surface area contributed by atoms with E-state index in [4.69, 9.17) is 13.9 Å². The van der Waals surface area contributed by atoms with Crippen molar-refractivity contribution in [1.29, 1.82) is 0 Å². The molecule has 0 fully saturated rings. The molecule has 5 nitrogen and oxygen atoms in total. The van der Waals surface area contributed by atoms with Crippen LogP contribution < -0.4 is 0 Å². The van der Waals surface area contributed by atoms with E-state index in [-0.39, 0.29) is 30.0 Å². The van der Waals surface area contributed by atoms with E-state index < -0.39 is 38.9 Å². The van der Waals surface area contributed by atoms with Gasteiger partial charge in [-0.05, 0) is 0 Å². The number of unbranched alkanes of at least 4 members (excludes halogenated alkanes) is 3. The van der Waals surface area contributed by atoms with Crippen LogP contribution in [0.4, 0.5) is 0 Å². The maximum atomic E-state index is 13.0. The molecule has 0 radical (unpaired) electrons. The summed E-state index contributed by atoms with van der Waals surface area (Å²) in [5.41, 5.74) is 0.973. The SMILES string of the molecule is CCC[CH2][Sn](/[CH]=C/[C@H](OC)[C@H](O)[C@@H](C)[C@@H](O[Si](CC)(CC)C(C)C)[C@H](C)[C@@H](C)OC(=O)c1ccccc1)([CH2]CCC)[CH2]CCC. The minimum atomic E-state index is -2.57.